The summed E-state index contributed by atoms with van der Waals surface area (Å²) in [5.74, 6) is -0.111. The molecule has 0 saturated carbocycles. The number of rotatable bonds is 4. The van der Waals surface area contributed by atoms with E-state index in [-0.39, 0.29) is 13.3 Å². The number of hydrogen-bond acceptors (Lipinski definition) is 1. The van der Waals surface area contributed by atoms with Crippen LogP contribution in [0.1, 0.15) is 36.6 Å². The van der Waals surface area contributed by atoms with Gasteiger partial charge in [0.05, 0.1) is 0 Å². The van der Waals surface area contributed by atoms with Crippen molar-refractivity contribution in [3.05, 3.63) is 70.8 Å². The topological polar surface area (TPSA) is 29.1 Å². The van der Waals surface area contributed by atoms with Crippen molar-refractivity contribution in [2.24, 2.45) is 0 Å². The van der Waals surface area contributed by atoms with Crippen molar-refractivity contribution in [1.82, 2.24) is 0 Å². The van der Waals surface area contributed by atoms with Gasteiger partial charge in [0.2, 0.25) is 5.91 Å². The highest BCUT2D eigenvalue weighted by Gasteiger charge is 1.99. The molecule has 0 saturated heterocycles. The van der Waals surface area contributed by atoms with Gasteiger partial charge in [-0.1, -0.05) is 50.2 Å². The van der Waals surface area contributed by atoms with Gasteiger partial charge < -0.3 is 5.32 Å². The van der Waals surface area contributed by atoms with E-state index in [4.69, 9.17) is 0 Å². The molecule has 22 heavy (non-hydrogen) atoms. The third kappa shape index (κ3) is 4.88. The van der Waals surface area contributed by atoms with Crippen LogP contribution in [0.2, 0.25) is 0 Å². The number of benzene rings is 2. The van der Waals surface area contributed by atoms with Crippen LogP contribution in [0, 0.1) is 13.8 Å². The maximum Gasteiger partial charge on any atom is 0.248 e. The Morgan fingerprint density at radius 2 is 1.77 bits per heavy atom. The fourth-order valence-corrected chi connectivity index (χ4v) is 2.11. The van der Waals surface area contributed by atoms with Crippen LogP contribution in [0.4, 0.5) is 5.69 Å². The first-order chi connectivity index (χ1) is 10.1. The lowest BCUT2D eigenvalue weighted by atomic mass is 10.1. The Balaban J connectivity index is 0.00000242. The minimum Gasteiger partial charge on any atom is -0.323 e. The molecule has 0 aliphatic carbocycles. The monoisotopic (exact) mass is 295 g/mol. The normalized spacial score (nSPS) is 10.3. The number of amides is 1. The molecule has 2 nitrogen and oxygen atoms in total. The van der Waals surface area contributed by atoms with Crippen LogP contribution in [-0.2, 0) is 11.2 Å². The van der Waals surface area contributed by atoms with E-state index in [9.17, 15) is 4.79 Å². The second-order valence-corrected chi connectivity index (χ2v) is 5.23. The lowest BCUT2D eigenvalue weighted by Crippen LogP contribution is -2.07. The molecule has 2 heteroatoms. The lowest BCUT2D eigenvalue weighted by Gasteiger charge is -2.04. The van der Waals surface area contributed by atoms with Gasteiger partial charge >= 0.3 is 0 Å². The first kappa shape index (κ1) is 17.7. The van der Waals surface area contributed by atoms with Gasteiger partial charge in [0, 0.05) is 11.8 Å². The van der Waals surface area contributed by atoms with Gasteiger partial charge in [-0.05, 0) is 55.2 Å². The van der Waals surface area contributed by atoms with Crippen molar-refractivity contribution in [2.75, 3.05) is 5.32 Å². The van der Waals surface area contributed by atoms with E-state index < -0.39 is 0 Å². The Kier molecular flexibility index (Phi) is 6.58. The summed E-state index contributed by atoms with van der Waals surface area (Å²) >= 11 is 0. The number of hydrogen-bond donors (Lipinski definition) is 1. The molecule has 2 rings (SSSR count). The van der Waals surface area contributed by atoms with Crippen LogP contribution in [0.5, 0.6) is 0 Å². The van der Waals surface area contributed by atoms with Gasteiger partial charge in [0.15, 0.2) is 0 Å². The Hall–Kier alpha value is -2.35. The molecular formula is C20H25NO. The molecule has 2 aromatic rings. The number of aryl methyl sites for hydroxylation is 3. The van der Waals surface area contributed by atoms with Gasteiger partial charge in [0.25, 0.3) is 0 Å². The largest absolute Gasteiger partial charge is 0.323 e. The second kappa shape index (κ2) is 8.18. The molecule has 0 aliphatic rings. The van der Waals surface area contributed by atoms with Gasteiger partial charge in [0.1, 0.15) is 0 Å². The number of carbonyl (C=O) groups excluding carboxylic acids is 1. The fourth-order valence-electron chi connectivity index (χ4n) is 2.11. The zero-order valence-corrected chi connectivity index (χ0v) is 12.8. The summed E-state index contributed by atoms with van der Waals surface area (Å²) < 4.78 is 0. The van der Waals surface area contributed by atoms with Crippen molar-refractivity contribution in [3.8, 4) is 0 Å². The summed E-state index contributed by atoms with van der Waals surface area (Å²) in [5.41, 5.74) is 5.51. The highest BCUT2D eigenvalue weighted by molar-refractivity contribution is 6.02. The first-order valence-electron chi connectivity index (χ1n) is 7.23. The van der Waals surface area contributed by atoms with Crippen molar-refractivity contribution in [1.29, 1.82) is 0 Å². The van der Waals surface area contributed by atoms with Crippen molar-refractivity contribution in [2.45, 2.75) is 34.6 Å². The van der Waals surface area contributed by atoms with E-state index in [1.807, 2.05) is 44.2 Å². The van der Waals surface area contributed by atoms with Crippen LogP contribution in [0.25, 0.3) is 6.08 Å². The van der Waals surface area contributed by atoms with Crippen LogP contribution >= 0.6 is 0 Å². The highest BCUT2D eigenvalue weighted by Crippen LogP contribution is 2.13. The molecule has 116 valence electrons. The predicted octanol–water partition coefficient (Wildman–Crippen LogP) is 5.15. The van der Waals surface area contributed by atoms with E-state index in [1.54, 1.807) is 6.08 Å². The average Bonchev–Trinajstić information content (AvgIpc) is 2.49. The molecule has 0 aliphatic heterocycles. The van der Waals surface area contributed by atoms with Crippen LogP contribution in [-0.4, -0.2) is 5.91 Å². The van der Waals surface area contributed by atoms with Gasteiger partial charge in [-0.25, -0.2) is 0 Å². The van der Waals surface area contributed by atoms with Crippen LogP contribution in [0.3, 0.4) is 0 Å². The SMILES string of the molecule is C.CCc1ccc(NC(=O)/C=C/c2cc(C)ccc2C)cc1. The molecule has 0 fully saturated rings. The molecule has 0 spiro atoms. The van der Waals surface area contributed by atoms with E-state index in [1.165, 1.54) is 11.1 Å². The Morgan fingerprint density at radius 3 is 2.41 bits per heavy atom. The van der Waals surface area contributed by atoms with E-state index in [2.05, 4.69) is 30.4 Å². The Bertz CT molecular complexity index is 654. The molecule has 0 aromatic heterocycles. The van der Waals surface area contributed by atoms with Crippen molar-refractivity contribution < 1.29 is 4.79 Å². The van der Waals surface area contributed by atoms with Crippen molar-refractivity contribution >= 4 is 17.7 Å². The van der Waals surface area contributed by atoms with E-state index in [0.717, 1.165) is 23.2 Å². The summed E-state index contributed by atoms with van der Waals surface area (Å²) in [7, 11) is 0. The maximum absolute atomic E-state index is 11.9. The number of anilines is 1. The lowest BCUT2D eigenvalue weighted by molar-refractivity contribution is -0.111. The molecule has 0 atom stereocenters. The van der Waals surface area contributed by atoms with E-state index in [0.29, 0.717) is 0 Å². The van der Waals surface area contributed by atoms with Crippen molar-refractivity contribution in [3.63, 3.8) is 0 Å². The maximum atomic E-state index is 11.9. The molecule has 0 heterocycles. The number of nitrogens with one attached hydrogen (secondary N) is 1. The molecule has 2 aromatic carbocycles. The zero-order valence-electron chi connectivity index (χ0n) is 12.8. The summed E-state index contributed by atoms with van der Waals surface area (Å²) in [4.78, 5) is 11.9. The molecule has 0 unspecified atom stereocenters. The van der Waals surface area contributed by atoms with Gasteiger partial charge in [-0.3, -0.25) is 4.79 Å². The van der Waals surface area contributed by atoms with Crippen LogP contribution < -0.4 is 5.32 Å². The fraction of sp³-hybridized carbons (Fsp3) is 0.250. The Morgan fingerprint density at radius 1 is 1.09 bits per heavy atom. The smallest absolute Gasteiger partial charge is 0.248 e. The minimum atomic E-state index is -0.111. The highest BCUT2D eigenvalue weighted by atomic mass is 16.1. The minimum absolute atomic E-state index is 0. The predicted molar refractivity (Wildman–Crippen MR) is 96.1 cm³/mol. The Labute approximate surface area is 133 Å². The molecule has 1 N–H and O–H groups in total. The summed E-state index contributed by atoms with van der Waals surface area (Å²) in [6.07, 6.45) is 4.44. The standard InChI is InChI=1S/C19H21NO.CH4/c1-4-16-7-10-18(11-8-16)20-19(21)12-9-17-13-14(2)5-6-15(17)3;/h5-13H,4H2,1-3H3,(H,20,21);1H4/b12-9+;. The zero-order chi connectivity index (χ0) is 15.2. The summed E-state index contributed by atoms with van der Waals surface area (Å²) in [5, 5.41) is 2.87. The van der Waals surface area contributed by atoms with Gasteiger partial charge in [-0.15, -0.1) is 0 Å². The third-order valence-corrected chi connectivity index (χ3v) is 3.48. The third-order valence-electron chi connectivity index (χ3n) is 3.48. The summed E-state index contributed by atoms with van der Waals surface area (Å²) in [6.45, 7) is 6.20. The molecular weight excluding hydrogens is 270 g/mol. The quantitative estimate of drug-likeness (QED) is 0.776. The van der Waals surface area contributed by atoms with Crippen LogP contribution in [0.15, 0.2) is 48.5 Å². The molecule has 0 radical (unpaired) electrons. The molecule has 0 bridgehead atoms. The van der Waals surface area contributed by atoms with E-state index >= 15 is 0 Å². The average molecular weight is 295 g/mol. The molecule has 1 amide bonds. The second-order valence-electron chi connectivity index (χ2n) is 5.23. The van der Waals surface area contributed by atoms with Gasteiger partial charge in [-0.2, -0.15) is 0 Å². The first-order valence-corrected chi connectivity index (χ1v) is 7.23. The number of carbonyl (C=O) groups is 1. The summed E-state index contributed by atoms with van der Waals surface area (Å²) in [6, 6.07) is 14.1.